The first-order chi connectivity index (χ1) is 23.8. The van der Waals surface area contributed by atoms with E-state index in [1.165, 1.54) is 0 Å². The van der Waals surface area contributed by atoms with Gasteiger partial charge in [-0.15, -0.1) is 0 Å². The smallest absolute Gasteiger partial charge is 0.358 e. The molecule has 4 amide bonds. The number of benzene rings is 3. The molecule has 1 unspecified atom stereocenters. The Labute approximate surface area is 424 Å². The monoisotopic (exact) mass is 1770 g/mol. The number of carbonyl (C=O) groups excluding carboxylic acids is 5. The zero-order valence-corrected chi connectivity index (χ0v) is 45.1. The van der Waals surface area contributed by atoms with Gasteiger partial charge < -0.3 is 34.3 Å². The third-order valence-electron chi connectivity index (χ3n) is 6.60. The molecule has 15 nitrogen and oxygen atoms in total. The topological polar surface area (TPSA) is 216 Å². The molecule has 1 aliphatic heterocycles. The minimum absolute atomic E-state index is 0.0299. The highest BCUT2D eigenvalue weighted by Gasteiger charge is 2.41. The predicted molar refractivity (Wildman–Crippen MR) is 264 cm³/mol. The van der Waals surface area contributed by atoms with Crippen molar-refractivity contribution in [3.05, 3.63) is 48.8 Å². The third kappa shape index (κ3) is 8.31. The Morgan fingerprint density at radius 3 is 1.33 bits per heavy atom. The molecule has 0 aliphatic carbocycles. The number of nitrogens with two attached hydrogens (primary N) is 2. The van der Waals surface area contributed by atoms with Gasteiger partial charge >= 0.3 is 30.0 Å². The van der Waals surface area contributed by atoms with E-state index in [0.29, 0.717) is 14.3 Å². The van der Waals surface area contributed by atoms with Crippen LogP contribution in [0.5, 0.6) is 0 Å². The van der Waals surface area contributed by atoms with Crippen LogP contribution in [0.4, 0.5) is 43.7 Å². The largest absolute Gasteiger partial charge is 0.397 e. The molecular weight excluding hydrogens is 1760 g/mol. The van der Waals surface area contributed by atoms with Crippen LogP contribution in [0.15, 0.2) is 0 Å². The quantitative estimate of drug-likeness (QED) is 0.111. The molecule has 3 aromatic carbocycles. The van der Waals surface area contributed by atoms with E-state index in [-0.39, 0.29) is 68.7 Å². The van der Waals surface area contributed by atoms with E-state index >= 15 is 0 Å². The first kappa shape index (κ1) is 45.3. The molecule has 0 aromatic heterocycles. The van der Waals surface area contributed by atoms with Gasteiger partial charge in [0.25, 0.3) is 0 Å². The van der Waals surface area contributed by atoms with Crippen molar-refractivity contribution in [3.63, 3.8) is 0 Å². The number of imide groups is 1. The van der Waals surface area contributed by atoms with E-state index < -0.39 is 36.3 Å². The Bertz CT molecular complexity index is 2020. The maximum Gasteiger partial charge on any atom is 0.358 e. The van der Waals surface area contributed by atoms with E-state index in [1.54, 1.807) is 27.5 Å². The average molecular weight is 1770 g/mol. The minimum atomic E-state index is -1.91. The summed E-state index contributed by atoms with van der Waals surface area (Å²) in [5, 5.41) is 15.3. The molecule has 1 saturated heterocycles. The second-order valence-corrected chi connectivity index (χ2v) is 19.4. The van der Waals surface area contributed by atoms with Gasteiger partial charge in [-0.05, 0) is 203 Å². The Hall–Kier alpha value is 1.61. The van der Waals surface area contributed by atoms with Crippen LogP contribution in [0.25, 0.3) is 0 Å². The summed E-state index contributed by atoms with van der Waals surface area (Å²) in [4.78, 5) is 67.6. The van der Waals surface area contributed by atoms with Crippen molar-refractivity contribution < 1.29 is 41.9 Å². The fourth-order valence-electron chi connectivity index (χ4n) is 4.48. The van der Waals surface area contributed by atoms with Gasteiger partial charge in [-0.3, -0.25) is 10.6 Å². The van der Waals surface area contributed by atoms with Gasteiger partial charge in [-0.2, -0.15) is 0 Å². The predicted octanol–water partition coefficient (Wildman–Crippen LogP) is 9.21. The normalized spacial score (nSPS) is 14.1. The Morgan fingerprint density at radius 1 is 0.627 bits per heavy atom. The zero-order valence-electron chi connectivity index (χ0n) is 23.4. The number of anilines is 6. The van der Waals surface area contributed by atoms with Gasteiger partial charge in [0.05, 0.1) is 82.9 Å². The van der Waals surface area contributed by atoms with Crippen molar-refractivity contribution in [1.29, 1.82) is 0 Å². The standard InChI is InChI=1S/C24H8Cl3I9N6O9/c25-49-19(43)1-4(28)13(37)10(34)15(6(1)30)41(16-7(31)2(20(44)50-26)5(29)14(38)11(16)35)17-8(32)3(21(45)51-27)9(33)18(12(17)36)42-23(47)39-22(46)40-24(42)48/h23,47H,37-38H2,(H2,39,40,46,48). The Kier molecular flexibility index (Phi) is 16.4. The molecule has 1 atom stereocenters. The molecule has 7 N–H and O–H groups in total. The highest BCUT2D eigenvalue weighted by atomic mass is 127. The molecule has 51 heavy (non-hydrogen) atoms. The van der Waals surface area contributed by atoms with Crippen molar-refractivity contribution in [2.24, 2.45) is 0 Å². The summed E-state index contributed by atoms with van der Waals surface area (Å²) in [6.45, 7) is 0. The molecular formula is C24H8Cl3I9N6O9. The van der Waals surface area contributed by atoms with Crippen molar-refractivity contribution in [2.45, 2.75) is 6.35 Å². The fourth-order valence-corrected chi connectivity index (χ4v) is 17.5. The average Bonchev–Trinajstić information content (AvgIpc) is 3.06. The molecule has 272 valence electrons. The second-order valence-electron chi connectivity index (χ2n) is 9.25. The van der Waals surface area contributed by atoms with Crippen LogP contribution in [0, 0.1) is 32.1 Å². The second kappa shape index (κ2) is 18.5. The van der Waals surface area contributed by atoms with Crippen LogP contribution in [-0.4, -0.2) is 41.4 Å². The van der Waals surface area contributed by atoms with Crippen LogP contribution < -0.4 is 31.9 Å². The first-order valence-corrected chi connectivity index (χ1v) is 22.9. The number of aliphatic hydroxyl groups is 1. The number of nitrogen functional groups attached to an aromatic ring is 2. The van der Waals surface area contributed by atoms with E-state index in [4.69, 9.17) is 47.1 Å². The number of rotatable bonds is 7. The van der Waals surface area contributed by atoms with Crippen LogP contribution >= 0.6 is 239 Å². The molecule has 1 heterocycles. The molecule has 0 radical (unpaired) electrons. The lowest BCUT2D eigenvalue weighted by Crippen LogP contribution is -2.64. The SMILES string of the molecule is Nc1c(I)c(C(=O)OCl)c(I)c(N(c2c(I)c(N)c(I)c(C(=O)OCl)c2I)c2c(I)c(C(=O)OCl)c(I)c(N3C(=O)NC(=O)NC3O)c2I)c1I. The molecule has 1 fully saturated rings. The van der Waals surface area contributed by atoms with E-state index in [2.05, 4.69) is 23.5 Å². The van der Waals surface area contributed by atoms with Gasteiger partial charge in [0.1, 0.15) is 35.6 Å². The van der Waals surface area contributed by atoms with E-state index in [9.17, 15) is 29.1 Å². The molecule has 1 aliphatic rings. The summed E-state index contributed by atoms with van der Waals surface area (Å²) in [6.07, 6.45) is -1.91. The summed E-state index contributed by atoms with van der Waals surface area (Å²) < 4.78 is 16.1. The van der Waals surface area contributed by atoms with Crippen LogP contribution in [-0.2, 0) is 12.9 Å². The number of nitrogens with zero attached hydrogens (tertiary/aromatic N) is 2. The summed E-state index contributed by atoms with van der Waals surface area (Å²) in [5.74, 6) is -2.96. The zero-order chi connectivity index (χ0) is 38.5. The molecule has 4 rings (SSSR count). The number of urea groups is 2. The number of hydrogen-bond donors (Lipinski definition) is 5. The maximum atomic E-state index is 13.5. The van der Waals surface area contributed by atoms with Crippen molar-refractivity contribution in [2.75, 3.05) is 21.3 Å². The number of carbonyl (C=O) groups is 5. The van der Waals surface area contributed by atoms with Crippen LogP contribution in [0.2, 0.25) is 0 Å². The van der Waals surface area contributed by atoms with Gasteiger partial charge in [0, 0.05) is 0 Å². The number of halogens is 12. The fraction of sp³-hybridized carbons (Fsp3) is 0.0417. The van der Waals surface area contributed by atoms with E-state index in [1.807, 2.05) is 181 Å². The van der Waals surface area contributed by atoms with Crippen molar-refractivity contribution >= 4 is 303 Å². The number of hydrogen-bond acceptors (Lipinski definition) is 12. The van der Waals surface area contributed by atoms with Crippen LogP contribution in [0.1, 0.15) is 31.1 Å². The molecule has 0 spiro atoms. The van der Waals surface area contributed by atoms with E-state index in [0.717, 1.165) is 4.90 Å². The molecule has 27 heteroatoms. The Morgan fingerprint density at radius 2 is 0.980 bits per heavy atom. The summed E-state index contributed by atoms with van der Waals surface area (Å²) >= 11 is 33.8. The van der Waals surface area contributed by atoms with Crippen LogP contribution in [0.3, 0.4) is 0 Å². The summed E-state index contributed by atoms with van der Waals surface area (Å²) in [5.41, 5.74) is 13.7. The molecule has 3 aromatic rings. The lowest BCUT2D eigenvalue weighted by molar-refractivity contribution is 0.0739. The minimum Gasteiger partial charge on any atom is -0.397 e. The van der Waals surface area contributed by atoms with Gasteiger partial charge in [-0.25, -0.2) is 28.9 Å². The first-order valence-electron chi connectivity index (χ1n) is 12.3. The number of nitrogens with one attached hydrogen (secondary N) is 2. The highest BCUT2D eigenvalue weighted by Crippen LogP contribution is 2.54. The molecule has 0 saturated carbocycles. The van der Waals surface area contributed by atoms with Gasteiger partial charge in [0.2, 0.25) is 6.35 Å². The lowest BCUT2D eigenvalue weighted by atomic mass is 10.1. The molecule has 0 bridgehead atoms. The third-order valence-corrected chi connectivity index (χ3v) is 16.7. The van der Waals surface area contributed by atoms with Crippen molar-refractivity contribution in [1.82, 2.24) is 10.6 Å². The highest BCUT2D eigenvalue weighted by molar-refractivity contribution is 14.1. The number of amides is 4. The summed E-state index contributed by atoms with van der Waals surface area (Å²) in [7, 11) is 0. The number of aliphatic hydroxyl groups excluding tert-OH is 1. The van der Waals surface area contributed by atoms with Gasteiger partial charge in [0.15, 0.2) is 0 Å². The summed E-state index contributed by atoms with van der Waals surface area (Å²) in [6, 6.07) is -2.02. The van der Waals surface area contributed by atoms with Crippen molar-refractivity contribution in [3.8, 4) is 0 Å². The Balaban J connectivity index is 2.41. The van der Waals surface area contributed by atoms with Gasteiger partial charge in [-0.1, -0.05) is 0 Å². The lowest BCUT2D eigenvalue weighted by Gasteiger charge is -2.37. The maximum absolute atomic E-state index is 13.5.